The Hall–Kier alpha value is -4.20. The fourth-order valence-corrected chi connectivity index (χ4v) is 7.84. The first kappa shape index (κ1) is 52.8. The molecule has 0 saturated carbocycles. The van der Waals surface area contributed by atoms with Crippen LogP contribution in [0.1, 0.15) is 26.7 Å². The van der Waals surface area contributed by atoms with Gasteiger partial charge in [-0.3, -0.25) is 9.59 Å². The van der Waals surface area contributed by atoms with Gasteiger partial charge in [0.25, 0.3) is 0 Å². The van der Waals surface area contributed by atoms with Gasteiger partial charge in [0.2, 0.25) is 18.9 Å². The Balaban J connectivity index is 1.35. The van der Waals surface area contributed by atoms with Crippen LogP contribution >= 0.6 is 0 Å². The Morgan fingerprint density at radius 2 is 0.894 bits per heavy atom. The average molecular weight is 953 g/mol. The quantitative estimate of drug-likeness (QED) is 0.0414. The van der Waals surface area contributed by atoms with Crippen LogP contribution in [0.4, 0.5) is 0 Å². The molecule has 26 nitrogen and oxygen atoms in total. The molecule has 0 spiro atoms. The number of carbonyl (C=O) groups excluding carboxylic acids is 4. The summed E-state index contributed by atoms with van der Waals surface area (Å²) in [5.74, 6) is -7.02. The SMILES string of the molecule is C/C=C1/[C@H](O[C@@H]2O[C@H](CO)[C@@H](O)[C@H](O)[C@H]2O)OC=C(C(=O)OC)[C@H]1CC(=O)O[C@@H]1O[C@H](CO)[C@@H](O)[C@H](O)[C@H]1OC(=O)C[C@@H]1C(C(=O)OC)=CO[C@@H](O[C@@H]2O[C@H](CO)[C@@H](O)[C@H](O)[C@H]2O)/C1=C/C. The monoisotopic (exact) mass is 952 g/mol. The fourth-order valence-electron chi connectivity index (χ4n) is 7.84. The number of rotatable bonds is 15. The summed E-state index contributed by atoms with van der Waals surface area (Å²) in [6, 6.07) is 0. The van der Waals surface area contributed by atoms with Crippen molar-refractivity contribution in [3.05, 3.63) is 47.0 Å². The van der Waals surface area contributed by atoms with Crippen molar-refractivity contribution in [2.45, 2.75) is 131 Å². The number of hydrogen-bond acceptors (Lipinski definition) is 26. The lowest BCUT2D eigenvalue weighted by atomic mass is 9.86. The first-order valence-corrected chi connectivity index (χ1v) is 20.5. The van der Waals surface area contributed by atoms with E-state index in [1.54, 1.807) is 0 Å². The summed E-state index contributed by atoms with van der Waals surface area (Å²) in [4.78, 5) is 53.5. The smallest absolute Gasteiger partial charge is 0.337 e. The normalized spacial score (nSPS) is 40.6. The van der Waals surface area contributed by atoms with Crippen molar-refractivity contribution in [1.82, 2.24) is 0 Å². The Labute approximate surface area is 375 Å². The van der Waals surface area contributed by atoms with E-state index in [1.165, 1.54) is 26.0 Å². The molecule has 0 radical (unpaired) electrons. The molecule has 0 aromatic carbocycles. The minimum Gasteiger partial charge on any atom is -0.468 e. The van der Waals surface area contributed by atoms with Crippen LogP contribution in [0, 0.1) is 11.8 Å². The third kappa shape index (κ3) is 11.2. The van der Waals surface area contributed by atoms with Crippen LogP contribution in [-0.4, -0.2) is 219 Å². The molecule has 0 aromatic rings. The molecule has 5 heterocycles. The van der Waals surface area contributed by atoms with E-state index in [-0.39, 0.29) is 22.3 Å². The number of aliphatic hydroxyl groups excluding tert-OH is 11. The molecule has 19 atom stereocenters. The van der Waals surface area contributed by atoms with Gasteiger partial charge in [0.15, 0.2) is 18.7 Å². The zero-order valence-corrected chi connectivity index (χ0v) is 35.9. The molecule has 372 valence electrons. The summed E-state index contributed by atoms with van der Waals surface area (Å²) in [6.45, 7) is 0.431. The second-order valence-electron chi connectivity index (χ2n) is 15.5. The predicted octanol–water partition coefficient (Wildman–Crippen LogP) is -5.75. The van der Waals surface area contributed by atoms with Crippen molar-refractivity contribution >= 4 is 23.9 Å². The molecule has 0 aromatic heterocycles. The van der Waals surface area contributed by atoms with E-state index in [4.69, 9.17) is 52.1 Å². The Kier molecular flexibility index (Phi) is 18.6. The third-order valence-corrected chi connectivity index (χ3v) is 11.5. The Morgan fingerprint density at radius 1 is 0.530 bits per heavy atom. The van der Waals surface area contributed by atoms with Gasteiger partial charge in [-0.2, -0.15) is 0 Å². The molecule has 0 amide bonds. The van der Waals surface area contributed by atoms with Crippen molar-refractivity contribution in [3.8, 4) is 0 Å². The minimum absolute atomic E-state index is 0.0233. The van der Waals surface area contributed by atoms with E-state index in [0.29, 0.717) is 0 Å². The van der Waals surface area contributed by atoms with Gasteiger partial charge < -0.3 is 108 Å². The highest BCUT2D eigenvalue weighted by molar-refractivity contribution is 5.91. The van der Waals surface area contributed by atoms with Crippen LogP contribution in [0.3, 0.4) is 0 Å². The zero-order chi connectivity index (χ0) is 48.7. The fraction of sp³-hybridized carbons (Fsp3) is 0.700. The largest absolute Gasteiger partial charge is 0.468 e. The number of carbonyl (C=O) groups is 4. The van der Waals surface area contributed by atoms with Crippen LogP contribution in [-0.2, 0) is 71.3 Å². The maximum absolute atomic E-state index is 13.8. The molecule has 5 rings (SSSR count). The summed E-state index contributed by atoms with van der Waals surface area (Å²) >= 11 is 0. The number of methoxy groups -OCH3 is 2. The lowest BCUT2D eigenvalue weighted by Gasteiger charge is -2.42. The van der Waals surface area contributed by atoms with Gasteiger partial charge >= 0.3 is 23.9 Å². The van der Waals surface area contributed by atoms with Gasteiger partial charge in [-0.1, -0.05) is 12.2 Å². The van der Waals surface area contributed by atoms with Crippen LogP contribution in [0.15, 0.2) is 47.0 Å². The van der Waals surface area contributed by atoms with E-state index in [0.717, 1.165) is 26.7 Å². The van der Waals surface area contributed by atoms with Gasteiger partial charge in [-0.05, 0) is 13.8 Å². The molecule has 26 heteroatoms. The van der Waals surface area contributed by atoms with E-state index in [9.17, 15) is 75.3 Å². The molecule has 3 saturated heterocycles. The lowest BCUT2D eigenvalue weighted by molar-refractivity contribution is -0.328. The minimum atomic E-state index is -2.09. The van der Waals surface area contributed by atoms with Crippen LogP contribution < -0.4 is 0 Å². The van der Waals surface area contributed by atoms with Crippen molar-refractivity contribution in [1.29, 1.82) is 0 Å². The average Bonchev–Trinajstić information content (AvgIpc) is 3.31. The van der Waals surface area contributed by atoms with Crippen molar-refractivity contribution in [2.75, 3.05) is 34.0 Å². The summed E-state index contributed by atoms with van der Waals surface area (Å²) in [6.07, 6.45) is -26.9. The second kappa shape index (κ2) is 23.2. The highest BCUT2D eigenvalue weighted by Crippen LogP contribution is 2.39. The number of hydrogen-bond donors (Lipinski definition) is 11. The third-order valence-electron chi connectivity index (χ3n) is 11.5. The highest BCUT2D eigenvalue weighted by Gasteiger charge is 2.52. The second-order valence-corrected chi connectivity index (χ2v) is 15.5. The summed E-state index contributed by atoms with van der Waals surface area (Å²) in [5.41, 5.74) is -0.468. The highest BCUT2D eigenvalue weighted by atomic mass is 16.8. The maximum atomic E-state index is 13.8. The molecule has 11 N–H and O–H groups in total. The molecular weight excluding hydrogens is 896 g/mol. The van der Waals surface area contributed by atoms with E-state index in [2.05, 4.69) is 0 Å². The lowest BCUT2D eigenvalue weighted by Crippen LogP contribution is -2.61. The molecule has 0 aliphatic carbocycles. The van der Waals surface area contributed by atoms with Gasteiger partial charge in [0.1, 0.15) is 67.1 Å². The van der Waals surface area contributed by atoms with E-state index >= 15 is 0 Å². The number of ether oxygens (including phenoxy) is 11. The molecule has 5 aliphatic heterocycles. The van der Waals surface area contributed by atoms with E-state index < -0.39 is 173 Å². The van der Waals surface area contributed by atoms with Crippen molar-refractivity contribution in [2.24, 2.45) is 11.8 Å². The summed E-state index contributed by atoms with van der Waals surface area (Å²) in [7, 11) is 2.08. The van der Waals surface area contributed by atoms with Crippen molar-refractivity contribution < 1.29 is 127 Å². The van der Waals surface area contributed by atoms with Crippen LogP contribution in [0.25, 0.3) is 0 Å². The first-order chi connectivity index (χ1) is 31.4. The maximum Gasteiger partial charge on any atom is 0.337 e. The van der Waals surface area contributed by atoms with E-state index in [1.807, 2.05) is 0 Å². The summed E-state index contributed by atoms with van der Waals surface area (Å²) in [5, 5.41) is 113. The predicted molar refractivity (Wildman–Crippen MR) is 207 cm³/mol. The van der Waals surface area contributed by atoms with Gasteiger partial charge in [0, 0.05) is 23.0 Å². The van der Waals surface area contributed by atoms with Crippen molar-refractivity contribution in [3.63, 3.8) is 0 Å². The molecular formula is C40H56O26. The molecule has 66 heavy (non-hydrogen) atoms. The molecule has 3 fully saturated rings. The van der Waals surface area contributed by atoms with Gasteiger partial charge in [-0.25, -0.2) is 9.59 Å². The number of esters is 4. The first-order valence-electron chi connectivity index (χ1n) is 20.5. The number of allylic oxidation sites excluding steroid dienone is 2. The topological polar surface area (TPSA) is 392 Å². The van der Waals surface area contributed by atoms with Crippen LogP contribution in [0.2, 0.25) is 0 Å². The summed E-state index contributed by atoms with van der Waals surface area (Å²) < 4.78 is 59.8. The zero-order valence-electron chi connectivity index (χ0n) is 35.9. The van der Waals surface area contributed by atoms with Gasteiger partial charge in [-0.15, -0.1) is 0 Å². The molecule has 5 aliphatic rings. The number of aliphatic hydroxyl groups is 11. The standard InChI is InChI=1S/C40H56O26/c1-5-14-16(18(34(54)56-3)12-58-36(14)65-38-31(52)28(49)25(46)20(9-41)60-38)7-23(44)63-33-30(51)27(48)22(11-43)62-40(33)64-24(45)8-17-15(6-2)37(59-13-19(17)35(55)57-4)66-39-32(53)29(50)26(47)21(10-42)61-39/h5-6,12-13,16-17,20-22,25-33,36-43,46-53H,7-11H2,1-4H3/b14-5+,15-6+/t16-,17-,20+,21+,22+,25+,26+,27+,28-,29-,30-,31+,32+,33+,36-,37-,38-,39-,40-/m0/s1. The van der Waals surface area contributed by atoms with Crippen LogP contribution in [0.5, 0.6) is 0 Å². The Morgan fingerprint density at radius 3 is 1.26 bits per heavy atom. The Bertz CT molecular complexity index is 1830. The molecule has 0 unspecified atom stereocenters. The molecule has 0 bridgehead atoms. The van der Waals surface area contributed by atoms with Gasteiger partial charge in [0.05, 0.1) is 70.6 Å².